The molecule has 0 aliphatic heterocycles. The summed E-state index contributed by atoms with van der Waals surface area (Å²) >= 11 is 2.34. The molecule has 0 unspecified atom stereocenters. The predicted molar refractivity (Wildman–Crippen MR) is 52.1 cm³/mol. The van der Waals surface area contributed by atoms with Gasteiger partial charge in [-0.05, 0) is 28.1 Å². The highest BCUT2D eigenvalue weighted by molar-refractivity contribution is 9.10. The highest BCUT2D eigenvalue weighted by atomic mass is 79.9. The Kier molecular flexibility index (Phi) is 3.56. The Labute approximate surface area is 101 Å². The van der Waals surface area contributed by atoms with Crippen LogP contribution < -0.4 is 0 Å². The molecule has 0 spiro atoms. The van der Waals surface area contributed by atoms with E-state index in [2.05, 4.69) is 15.9 Å². The molecule has 0 bridgehead atoms. The number of benzene rings is 1. The summed E-state index contributed by atoms with van der Waals surface area (Å²) in [7, 11) is 0.223. The van der Waals surface area contributed by atoms with E-state index in [1.807, 2.05) is 0 Å². The van der Waals surface area contributed by atoms with Gasteiger partial charge >= 0.3 is 6.18 Å². The third-order valence-corrected chi connectivity index (χ3v) is 3.74. The summed E-state index contributed by atoms with van der Waals surface area (Å²) in [5, 5.41) is 0. The topological polar surface area (TPSA) is 34.1 Å². The van der Waals surface area contributed by atoms with Crippen molar-refractivity contribution in [2.75, 3.05) is 0 Å². The van der Waals surface area contributed by atoms with E-state index in [4.69, 9.17) is 10.7 Å². The van der Waals surface area contributed by atoms with E-state index in [0.717, 1.165) is 0 Å². The standard InChI is InChI=1S/C7H2BrClF4O2S/c8-6-3(10)1-2-4(16(9,14)15)5(6)7(11,12)13/h1-2H. The first kappa shape index (κ1) is 13.7. The molecule has 16 heavy (non-hydrogen) atoms. The van der Waals surface area contributed by atoms with Crippen molar-refractivity contribution in [1.82, 2.24) is 0 Å². The highest BCUT2D eigenvalue weighted by Gasteiger charge is 2.40. The van der Waals surface area contributed by atoms with Crippen molar-refractivity contribution in [3.05, 3.63) is 28.0 Å². The second-order valence-corrected chi connectivity index (χ2v) is 6.00. The van der Waals surface area contributed by atoms with Crippen molar-refractivity contribution in [3.8, 4) is 0 Å². The van der Waals surface area contributed by atoms with Crippen molar-refractivity contribution >= 4 is 35.7 Å². The molecule has 0 fully saturated rings. The molecule has 9 heteroatoms. The van der Waals surface area contributed by atoms with Gasteiger partial charge in [-0.1, -0.05) is 0 Å². The molecule has 0 aromatic heterocycles. The molecular formula is C7H2BrClF4O2S. The van der Waals surface area contributed by atoms with Gasteiger partial charge < -0.3 is 0 Å². The van der Waals surface area contributed by atoms with Crippen LogP contribution in [0.1, 0.15) is 5.56 Å². The van der Waals surface area contributed by atoms with Crippen LogP contribution in [0.5, 0.6) is 0 Å². The number of alkyl halides is 3. The van der Waals surface area contributed by atoms with Crippen LogP contribution in [0.25, 0.3) is 0 Å². The van der Waals surface area contributed by atoms with E-state index in [0.29, 0.717) is 12.1 Å². The number of halogens is 6. The van der Waals surface area contributed by atoms with Crippen molar-refractivity contribution in [2.45, 2.75) is 11.1 Å². The fourth-order valence-corrected chi connectivity index (χ4v) is 2.78. The molecular weight excluding hydrogens is 339 g/mol. The van der Waals surface area contributed by atoms with Gasteiger partial charge in [0, 0.05) is 10.7 Å². The molecule has 0 atom stereocenters. The summed E-state index contributed by atoms with van der Waals surface area (Å²) < 4.78 is 71.2. The summed E-state index contributed by atoms with van der Waals surface area (Å²) in [4.78, 5) is -1.19. The largest absolute Gasteiger partial charge is 0.418 e. The van der Waals surface area contributed by atoms with E-state index in [1.165, 1.54) is 0 Å². The summed E-state index contributed by atoms with van der Waals surface area (Å²) in [5.41, 5.74) is -1.65. The Morgan fingerprint density at radius 2 is 1.75 bits per heavy atom. The summed E-state index contributed by atoms with van der Waals surface area (Å²) in [6, 6.07) is 1.04. The molecule has 0 radical (unpaired) electrons. The molecule has 0 saturated carbocycles. The summed E-state index contributed by atoms with van der Waals surface area (Å²) in [6.45, 7) is 0. The fourth-order valence-electron chi connectivity index (χ4n) is 1.00. The molecule has 0 amide bonds. The Morgan fingerprint density at radius 3 is 2.12 bits per heavy atom. The molecule has 0 saturated heterocycles. The number of hydrogen-bond acceptors (Lipinski definition) is 2. The monoisotopic (exact) mass is 340 g/mol. The lowest BCUT2D eigenvalue weighted by Gasteiger charge is -2.12. The molecule has 0 aliphatic rings. The van der Waals surface area contributed by atoms with E-state index < -0.39 is 36.0 Å². The van der Waals surface area contributed by atoms with E-state index in [1.54, 1.807) is 0 Å². The number of rotatable bonds is 1. The fraction of sp³-hybridized carbons (Fsp3) is 0.143. The van der Waals surface area contributed by atoms with Gasteiger partial charge in [-0.2, -0.15) is 13.2 Å². The van der Waals surface area contributed by atoms with E-state index in [-0.39, 0.29) is 0 Å². The van der Waals surface area contributed by atoms with Gasteiger partial charge in [0.15, 0.2) is 0 Å². The van der Waals surface area contributed by atoms with Gasteiger partial charge in [0.1, 0.15) is 5.82 Å². The van der Waals surface area contributed by atoms with Crippen molar-refractivity contribution < 1.29 is 26.0 Å². The van der Waals surface area contributed by atoms with Crippen LogP contribution >= 0.6 is 26.6 Å². The van der Waals surface area contributed by atoms with Gasteiger partial charge in [0.05, 0.1) is 14.9 Å². The maximum absolute atomic E-state index is 12.9. The SMILES string of the molecule is O=S(=O)(Cl)c1ccc(F)c(Br)c1C(F)(F)F. The molecule has 90 valence electrons. The lowest BCUT2D eigenvalue weighted by molar-refractivity contribution is -0.140. The quantitative estimate of drug-likeness (QED) is 0.578. The minimum absolute atomic E-state index is 0.464. The van der Waals surface area contributed by atoms with E-state index >= 15 is 0 Å². The molecule has 2 nitrogen and oxygen atoms in total. The first-order chi connectivity index (χ1) is 7.05. The number of hydrogen-bond donors (Lipinski definition) is 0. The van der Waals surface area contributed by atoms with Crippen LogP contribution in [0.3, 0.4) is 0 Å². The average molecular weight is 342 g/mol. The average Bonchev–Trinajstić information content (AvgIpc) is 2.05. The minimum Gasteiger partial charge on any atom is -0.207 e. The predicted octanol–water partition coefficient (Wildman–Crippen LogP) is 3.53. The lowest BCUT2D eigenvalue weighted by Crippen LogP contribution is -2.12. The zero-order valence-electron chi connectivity index (χ0n) is 7.15. The van der Waals surface area contributed by atoms with E-state index in [9.17, 15) is 26.0 Å². The van der Waals surface area contributed by atoms with Crippen LogP contribution in [0, 0.1) is 5.82 Å². The second kappa shape index (κ2) is 4.15. The van der Waals surface area contributed by atoms with Crippen molar-refractivity contribution in [2.24, 2.45) is 0 Å². The third-order valence-electron chi connectivity index (χ3n) is 1.60. The van der Waals surface area contributed by atoms with Crippen LogP contribution in [0.4, 0.5) is 17.6 Å². The third kappa shape index (κ3) is 2.67. The normalized spacial score (nSPS) is 12.9. The van der Waals surface area contributed by atoms with Crippen LogP contribution in [-0.4, -0.2) is 8.42 Å². The zero-order valence-corrected chi connectivity index (χ0v) is 10.3. The smallest absolute Gasteiger partial charge is 0.207 e. The van der Waals surface area contributed by atoms with Crippen molar-refractivity contribution in [1.29, 1.82) is 0 Å². The lowest BCUT2D eigenvalue weighted by atomic mass is 10.2. The highest BCUT2D eigenvalue weighted by Crippen LogP contribution is 2.41. The Hall–Kier alpha value is -0.340. The molecule has 0 aliphatic carbocycles. The molecule has 0 N–H and O–H groups in total. The summed E-state index contributed by atoms with van der Waals surface area (Å²) in [5.74, 6) is -1.23. The van der Waals surface area contributed by atoms with Crippen LogP contribution in [0.15, 0.2) is 21.5 Å². The maximum Gasteiger partial charge on any atom is 0.418 e. The van der Waals surface area contributed by atoms with Crippen LogP contribution in [0.2, 0.25) is 0 Å². The van der Waals surface area contributed by atoms with Gasteiger partial charge in [-0.15, -0.1) is 0 Å². The second-order valence-electron chi connectivity index (χ2n) is 2.67. The minimum atomic E-state index is -5.03. The molecule has 1 rings (SSSR count). The Bertz CT molecular complexity index is 526. The van der Waals surface area contributed by atoms with Crippen LogP contribution in [-0.2, 0) is 15.2 Å². The van der Waals surface area contributed by atoms with Gasteiger partial charge in [-0.25, -0.2) is 12.8 Å². The van der Waals surface area contributed by atoms with Gasteiger partial charge in [0.2, 0.25) is 0 Å². The molecule has 1 aromatic rings. The summed E-state index contributed by atoms with van der Waals surface area (Å²) in [6.07, 6.45) is -5.03. The van der Waals surface area contributed by atoms with Crippen molar-refractivity contribution in [3.63, 3.8) is 0 Å². The first-order valence-electron chi connectivity index (χ1n) is 3.55. The first-order valence-corrected chi connectivity index (χ1v) is 6.65. The Balaban J connectivity index is 3.73. The maximum atomic E-state index is 12.9. The molecule has 0 heterocycles. The Morgan fingerprint density at radius 1 is 1.25 bits per heavy atom. The van der Waals surface area contributed by atoms with Gasteiger partial charge in [-0.3, -0.25) is 0 Å². The molecule has 1 aromatic carbocycles. The zero-order chi connectivity index (χ0) is 12.7. The van der Waals surface area contributed by atoms with Gasteiger partial charge in [0.25, 0.3) is 9.05 Å².